The maximum atomic E-state index is 11.8. The van der Waals surface area contributed by atoms with Gasteiger partial charge in [-0.25, -0.2) is 13.4 Å². The van der Waals surface area contributed by atoms with Crippen LogP contribution >= 0.6 is 11.3 Å². The molecule has 3 nitrogen and oxygen atoms in total. The van der Waals surface area contributed by atoms with Gasteiger partial charge in [0.2, 0.25) is 9.84 Å². The molecule has 0 saturated carbocycles. The summed E-state index contributed by atoms with van der Waals surface area (Å²) in [5.74, 6) is 0. The Morgan fingerprint density at radius 1 is 1.14 bits per heavy atom. The van der Waals surface area contributed by atoms with Crippen LogP contribution in [0.15, 0.2) is 51.1 Å². The molecule has 0 atom stereocenters. The fourth-order valence-corrected chi connectivity index (χ4v) is 3.16. The molecule has 2 aromatic rings. The van der Waals surface area contributed by atoms with E-state index in [1.165, 1.54) is 22.2 Å². The van der Waals surface area contributed by atoms with Gasteiger partial charge in [0, 0.05) is 5.38 Å². The average Bonchev–Trinajstić information content (AvgIpc) is 2.72. The van der Waals surface area contributed by atoms with E-state index in [1.807, 2.05) is 0 Å². The highest BCUT2D eigenvalue weighted by Gasteiger charge is 2.18. The van der Waals surface area contributed by atoms with Crippen LogP contribution in [-0.4, -0.2) is 13.4 Å². The van der Waals surface area contributed by atoms with Crippen molar-refractivity contribution in [2.45, 2.75) is 9.92 Å². The minimum absolute atomic E-state index is 0.119. The predicted molar refractivity (Wildman–Crippen MR) is 54.0 cm³/mol. The second-order valence-electron chi connectivity index (χ2n) is 2.64. The van der Waals surface area contributed by atoms with Crippen LogP contribution in [0.2, 0.25) is 0 Å². The summed E-state index contributed by atoms with van der Waals surface area (Å²) in [6.45, 7) is 0. The molecular formula is C9H7NO2S2. The molecule has 1 aromatic carbocycles. The fourth-order valence-electron chi connectivity index (χ4n) is 1.05. The summed E-state index contributed by atoms with van der Waals surface area (Å²) in [7, 11) is -3.40. The Morgan fingerprint density at radius 2 is 1.86 bits per heavy atom. The van der Waals surface area contributed by atoms with Gasteiger partial charge in [0.1, 0.15) is 0 Å². The van der Waals surface area contributed by atoms with Gasteiger partial charge >= 0.3 is 0 Å². The SMILES string of the molecule is O=S(=O)(c1ccccc1)c1cscn1. The minimum atomic E-state index is -3.40. The Morgan fingerprint density at radius 3 is 2.43 bits per heavy atom. The largest absolute Gasteiger partial charge is 0.233 e. The number of sulfone groups is 1. The molecule has 0 amide bonds. The second kappa shape index (κ2) is 3.51. The number of benzene rings is 1. The first-order valence-electron chi connectivity index (χ1n) is 3.89. The van der Waals surface area contributed by atoms with Crippen molar-refractivity contribution in [3.63, 3.8) is 0 Å². The molecule has 0 spiro atoms. The Kier molecular flexibility index (Phi) is 2.35. The van der Waals surface area contributed by atoms with Gasteiger partial charge in [0.05, 0.1) is 10.4 Å². The van der Waals surface area contributed by atoms with E-state index in [0.29, 0.717) is 0 Å². The molecule has 0 aliphatic carbocycles. The lowest BCUT2D eigenvalue weighted by Gasteiger charge is -1.99. The van der Waals surface area contributed by atoms with Gasteiger partial charge in [-0.1, -0.05) is 18.2 Å². The molecule has 5 heteroatoms. The van der Waals surface area contributed by atoms with E-state index in [4.69, 9.17) is 0 Å². The topological polar surface area (TPSA) is 47.0 Å². The van der Waals surface area contributed by atoms with Crippen molar-refractivity contribution in [1.29, 1.82) is 0 Å². The molecule has 0 saturated heterocycles. The van der Waals surface area contributed by atoms with Gasteiger partial charge in [-0.2, -0.15) is 0 Å². The van der Waals surface area contributed by atoms with Crippen molar-refractivity contribution in [2.24, 2.45) is 0 Å². The lowest BCUT2D eigenvalue weighted by molar-refractivity contribution is 0.593. The van der Waals surface area contributed by atoms with Crippen LogP contribution in [-0.2, 0) is 9.84 Å². The standard InChI is InChI=1S/C9H7NO2S2/c11-14(12,9-6-13-7-10-9)8-4-2-1-3-5-8/h1-7H. The lowest BCUT2D eigenvalue weighted by atomic mass is 10.4. The van der Waals surface area contributed by atoms with Crippen LogP contribution in [0.25, 0.3) is 0 Å². The molecule has 72 valence electrons. The molecule has 14 heavy (non-hydrogen) atoms. The first-order valence-corrected chi connectivity index (χ1v) is 6.32. The molecule has 0 fully saturated rings. The van der Waals surface area contributed by atoms with Gasteiger partial charge in [0.15, 0.2) is 5.03 Å². The third kappa shape index (κ3) is 1.56. The minimum Gasteiger partial charge on any atom is -0.233 e. The average molecular weight is 225 g/mol. The number of hydrogen-bond donors (Lipinski definition) is 0. The van der Waals surface area contributed by atoms with Crippen LogP contribution in [0, 0.1) is 0 Å². The van der Waals surface area contributed by atoms with Crippen LogP contribution in [0.5, 0.6) is 0 Å². The molecule has 2 rings (SSSR count). The lowest BCUT2D eigenvalue weighted by Crippen LogP contribution is -2.01. The van der Waals surface area contributed by atoms with Crippen LogP contribution in [0.3, 0.4) is 0 Å². The predicted octanol–water partition coefficient (Wildman–Crippen LogP) is 1.98. The third-order valence-electron chi connectivity index (χ3n) is 1.74. The molecule has 1 heterocycles. The highest BCUT2D eigenvalue weighted by atomic mass is 32.2. The molecule has 0 unspecified atom stereocenters. The first kappa shape index (κ1) is 9.36. The smallest absolute Gasteiger partial charge is 0.224 e. The van der Waals surface area contributed by atoms with E-state index in [1.54, 1.807) is 30.3 Å². The van der Waals surface area contributed by atoms with E-state index in [-0.39, 0.29) is 9.92 Å². The van der Waals surface area contributed by atoms with E-state index in [0.717, 1.165) is 0 Å². The van der Waals surface area contributed by atoms with Gasteiger partial charge < -0.3 is 0 Å². The summed E-state index contributed by atoms with van der Waals surface area (Å²) < 4.78 is 23.7. The summed E-state index contributed by atoms with van der Waals surface area (Å²) in [6.07, 6.45) is 0. The van der Waals surface area contributed by atoms with Crippen molar-refractivity contribution in [3.8, 4) is 0 Å². The zero-order chi connectivity index (χ0) is 10.0. The summed E-state index contributed by atoms with van der Waals surface area (Å²) in [5.41, 5.74) is 1.51. The van der Waals surface area contributed by atoms with Crippen molar-refractivity contribution in [3.05, 3.63) is 41.2 Å². The molecule has 0 aliphatic heterocycles. The molecular weight excluding hydrogens is 218 g/mol. The van der Waals surface area contributed by atoms with E-state index < -0.39 is 9.84 Å². The Balaban J connectivity index is 2.55. The summed E-state index contributed by atoms with van der Waals surface area (Å²) in [4.78, 5) is 4.08. The van der Waals surface area contributed by atoms with Gasteiger partial charge in [-0.3, -0.25) is 0 Å². The van der Waals surface area contributed by atoms with Crippen LogP contribution < -0.4 is 0 Å². The molecule has 0 radical (unpaired) electrons. The van der Waals surface area contributed by atoms with Crippen molar-refractivity contribution in [1.82, 2.24) is 4.98 Å². The highest BCUT2D eigenvalue weighted by Crippen LogP contribution is 2.19. The molecule has 0 N–H and O–H groups in total. The number of nitrogens with zero attached hydrogens (tertiary/aromatic N) is 1. The maximum Gasteiger partial charge on any atom is 0.224 e. The Bertz CT molecular complexity index is 503. The quantitative estimate of drug-likeness (QED) is 0.785. The highest BCUT2D eigenvalue weighted by molar-refractivity contribution is 7.91. The van der Waals surface area contributed by atoms with Crippen molar-refractivity contribution in [2.75, 3.05) is 0 Å². The molecule has 0 bridgehead atoms. The van der Waals surface area contributed by atoms with Crippen LogP contribution in [0.4, 0.5) is 0 Å². The van der Waals surface area contributed by atoms with Crippen molar-refractivity contribution < 1.29 is 8.42 Å². The normalized spacial score (nSPS) is 11.4. The Hall–Kier alpha value is -1.20. The zero-order valence-electron chi connectivity index (χ0n) is 7.12. The number of aromatic nitrogens is 1. The van der Waals surface area contributed by atoms with E-state index >= 15 is 0 Å². The summed E-state index contributed by atoms with van der Waals surface area (Å²) in [5, 5.41) is 1.65. The van der Waals surface area contributed by atoms with E-state index in [9.17, 15) is 8.42 Å². The van der Waals surface area contributed by atoms with Gasteiger partial charge in [-0.15, -0.1) is 11.3 Å². The van der Waals surface area contributed by atoms with E-state index in [2.05, 4.69) is 4.98 Å². The zero-order valence-corrected chi connectivity index (χ0v) is 8.75. The first-order chi connectivity index (χ1) is 6.71. The monoisotopic (exact) mass is 225 g/mol. The fraction of sp³-hybridized carbons (Fsp3) is 0. The van der Waals surface area contributed by atoms with Crippen molar-refractivity contribution >= 4 is 21.2 Å². The van der Waals surface area contributed by atoms with Crippen LogP contribution in [0.1, 0.15) is 0 Å². The summed E-state index contributed by atoms with van der Waals surface area (Å²) >= 11 is 1.27. The maximum absolute atomic E-state index is 11.8. The summed E-state index contributed by atoms with van der Waals surface area (Å²) in [6, 6.07) is 8.29. The molecule has 0 aliphatic rings. The number of thiazole rings is 1. The van der Waals surface area contributed by atoms with Gasteiger partial charge in [-0.05, 0) is 12.1 Å². The number of hydrogen-bond acceptors (Lipinski definition) is 4. The Labute approximate surface area is 86.0 Å². The second-order valence-corrected chi connectivity index (χ2v) is 5.26. The third-order valence-corrected chi connectivity index (χ3v) is 4.14. The van der Waals surface area contributed by atoms with Gasteiger partial charge in [0.25, 0.3) is 0 Å². The molecule has 1 aromatic heterocycles. The number of rotatable bonds is 2.